The Labute approximate surface area is 178 Å². The van der Waals surface area contributed by atoms with Crippen LogP contribution in [-0.4, -0.2) is 51.6 Å². The standard InChI is InChI=1S/C22H28N4O3S/c1-17-8-7-11-21(18(17)2)26(30(28,29)20-9-5-4-6-10-20)16-22(27)24-23-19-12-14-25(3)15-13-19/h4-11H,12-16H2,1-3H3,(H,24,27). The Kier molecular flexibility index (Phi) is 6.89. The maximum Gasteiger partial charge on any atom is 0.264 e. The van der Waals surface area contributed by atoms with Crippen molar-refractivity contribution >= 4 is 27.3 Å². The van der Waals surface area contributed by atoms with Crippen LogP contribution in [0.2, 0.25) is 0 Å². The van der Waals surface area contributed by atoms with Gasteiger partial charge in [0.15, 0.2) is 0 Å². The van der Waals surface area contributed by atoms with E-state index >= 15 is 0 Å². The fourth-order valence-corrected chi connectivity index (χ4v) is 4.82. The number of amides is 1. The van der Waals surface area contributed by atoms with E-state index < -0.39 is 15.9 Å². The highest BCUT2D eigenvalue weighted by molar-refractivity contribution is 7.92. The molecule has 0 spiro atoms. The molecule has 0 aromatic heterocycles. The largest absolute Gasteiger partial charge is 0.306 e. The van der Waals surface area contributed by atoms with E-state index in [2.05, 4.69) is 15.4 Å². The number of anilines is 1. The van der Waals surface area contributed by atoms with E-state index in [0.29, 0.717) is 5.69 Å². The summed E-state index contributed by atoms with van der Waals surface area (Å²) < 4.78 is 27.9. The average Bonchev–Trinajstić information content (AvgIpc) is 2.74. The van der Waals surface area contributed by atoms with Crippen LogP contribution in [0.1, 0.15) is 24.0 Å². The first-order chi connectivity index (χ1) is 14.3. The predicted molar refractivity (Wildman–Crippen MR) is 119 cm³/mol. The zero-order valence-corrected chi connectivity index (χ0v) is 18.4. The summed E-state index contributed by atoms with van der Waals surface area (Å²) in [6.45, 7) is 5.21. The Hall–Kier alpha value is -2.71. The number of carbonyl (C=O) groups is 1. The highest BCUT2D eigenvalue weighted by Gasteiger charge is 2.28. The number of benzene rings is 2. The fourth-order valence-electron chi connectivity index (χ4n) is 3.32. The topological polar surface area (TPSA) is 82.1 Å². The number of nitrogens with zero attached hydrogens (tertiary/aromatic N) is 3. The first-order valence-electron chi connectivity index (χ1n) is 9.96. The molecule has 0 bridgehead atoms. The summed E-state index contributed by atoms with van der Waals surface area (Å²) >= 11 is 0. The molecule has 0 unspecified atom stereocenters. The highest BCUT2D eigenvalue weighted by atomic mass is 32.2. The number of carbonyl (C=O) groups excluding carboxylic acids is 1. The van der Waals surface area contributed by atoms with Gasteiger partial charge in [0, 0.05) is 31.6 Å². The van der Waals surface area contributed by atoms with Gasteiger partial charge in [0.25, 0.3) is 15.9 Å². The Bertz CT molecular complexity index is 1030. The van der Waals surface area contributed by atoms with Gasteiger partial charge >= 0.3 is 0 Å². The van der Waals surface area contributed by atoms with Crippen molar-refractivity contribution in [2.24, 2.45) is 5.10 Å². The van der Waals surface area contributed by atoms with Gasteiger partial charge in [-0.1, -0.05) is 30.3 Å². The lowest BCUT2D eigenvalue weighted by molar-refractivity contribution is -0.119. The number of piperidine rings is 1. The maximum absolute atomic E-state index is 13.4. The second-order valence-electron chi connectivity index (χ2n) is 7.56. The van der Waals surface area contributed by atoms with E-state index in [-0.39, 0.29) is 11.4 Å². The van der Waals surface area contributed by atoms with Crippen molar-refractivity contribution in [1.82, 2.24) is 10.3 Å². The molecule has 1 heterocycles. The van der Waals surface area contributed by atoms with Gasteiger partial charge in [-0.15, -0.1) is 0 Å². The van der Waals surface area contributed by atoms with Crippen LogP contribution in [0.4, 0.5) is 5.69 Å². The minimum Gasteiger partial charge on any atom is -0.306 e. The van der Waals surface area contributed by atoms with Crippen LogP contribution in [0.15, 0.2) is 58.5 Å². The maximum atomic E-state index is 13.4. The number of likely N-dealkylation sites (tertiary alicyclic amines) is 1. The van der Waals surface area contributed by atoms with Crippen LogP contribution >= 0.6 is 0 Å². The molecule has 3 rings (SSSR count). The van der Waals surface area contributed by atoms with Crippen molar-refractivity contribution in [2.45, 2.75) is 31.6 Å². The summed E-state index contributed by atoms with van der Waals surface area (Å²) in [7, 11) is -1.87. The molecule has 160 valence electrons. The molecule has 8 heteroatoms. The van der Waals surface area contributed by atoms with Crippen LogP contribution in [0.25, 0.3) is 0 Å². The second-order valence-corrected chi connectivity index (χ2v) is 9.42. The van der Waals surface area contributed by atoms with Gasteiger partial charge in [0.1, 0.15) is 6.54 Å². The molecular weight excluding hydrogens is 400 g/mol. The SMILES string of the molecule is Cc1cccc(N(CC(=O)NN=C2CCN(C)CC2)S(=O)(=O)c2ccccc2)c1C. The number of hydrogen-bond acceptors (Lipinski definition) is 5. The molecule has 0 aliphatic carbocycles. The van der Waals surface area contributed by atoms with Crippen LogP contribution in [-0.2, 0) is 14.8 Å². The van der Waals surface area contributed by atoms with Gasteiger partial charge in [-0.25, -0.2) is 13.8 Å². The molecule has 0 atom stereocenters. The number of nitrogens with one attached hydrogen (secondary N) is 1. The highest BCUT2D eigenvalue weighted by Crippen LogP contribution is 2.28. The summed E-state index contributed by atoms with van der Waals surface area (Å²) in [5.74, 6) is -0.471. The summed E-state index contributed by atoms with van der Waals surface area (Å²) in [5.41, 5.74) is 5.72. The summed E-state index contributed by atoms with van der Waals surface area (Å²) in [4.78, 5) is 15.0. The molecular formula is C22H28N4O3S. The lowest BCUT2D eigenvalue weighted by Gasteiger charge is -2.26. The molecule has 1 aliphatic heterocycles. The molecule has 0 saturated carbocycles. The number of hydrogen-bond donors (Lipinski definition) is 1. The van der Waals surface area contributed by atoms with Crippen LogP contribution in [0, 0.1) is 13.8 Å². The number of hydrazone groups is 1. The Balaban J connectivity index is 1.88. The first-order valence-corrected chi connectivity index (χ1v) is 11.4. The van der Waals surface area contributed by atoms with Gasteiger partial charge < -0.3 is 4.90 Å². The summed E-state index contributed by atoms with van der Waals surface area (Å²) in [6.07, 6.45) is 1.58. The van der Waals surface area contributed by atoms with E-state index in [0.717, 1.165) is 47.1 Å². The molecule has 2 aromatic rings. The molecule has 1 aliphatic rings. The summed E-state index contributed by atoms with van der Waals surface area (Å²) in [6, 6.07) is 13.6. The zero-order valence-electron chi connectivity index (χ0n) is 17.6. The minimum absolute atomic E-state index is 0.139. The first kappa shape index (κ1) is 22.0. The van der Waals surface area contributed by atoms with E-state index in [9.17, 15) is 13.2 Å². The van der Waals surface area contributed by atoms with Gasteiger partial charge in [-0.2, -0.15) is 5.10 Å². The molecule has 1 N–H and O–H groups in total. The third-order valence-electron chi connectivity index (χ3n) is 5.37. The van der Waals surface area contributed by atoms with E-state index in [4.69, 9.17) is 0 Å². The zero-order chi connectivity index (χ0) is 21.7. The summed E-state index contributed by atoms with van der Waals surface area (Å²) in [5, 5.41) is 4.23. The van der Waals surface area contributed by atoms with E-state index in [1.165, 1.54) is 12.1 Å². The van der Waals surface area contributed by atoms with Crippen molar-refractivity contribution in [1.29, 1.82) is 0 Å². The van der Waals surface area contributed by atoms with Crippen molar-refractivity contribution < 1.29 is 13.2 Å². The molecule has 30 heavy (non-hydrogen) atoms. The van der Waals surface area contributed by atoms with Gasteiger partial charge in [-0.05, 0) is 50.2 Å². The molecule has 7 nitrogen and oxygen atoms in total. The Morgan fingerprint density at radius 2 is 1.73 bits per heavy atom. The van der Waals surface area contributed by atoms with Crippen molar-refractivity contribution in [2.75, 3.05) is 31.0 Å². The third-order valence-corrected chi connectivity index (χ3v) is 7.14. The Morgan fingerprint density at radius 1 is 1.07 bits per heavy atom. The van der Waals surface area contributed by atoms with E-state index in [1.54, 1.807) is 30.3 Å². The van der Waals surface area contributed by atoms with E-state index in [1.807, 2.05) is 27.0 Å². The lowest BCUT2D eigenvalue weighted by Crippen LogP contribution is -2.40. The predicted octanol–water partition coefficient (Wildman–Crippen LogP) is 2.70. The molecule has 0 radical (unpaired) electrons. The molecule has 1 fully saturated rings. The fraction of sp³-hybridized carbons (Fsp3) is 0.364. The smallest absolute Gasteiger partial charge is 0.264 e. The van der Waals surface area contributed by atoms with Crippen LogP contribution < -0.4 is 9.73 Å². The van der Waals surface area contributed by atoms with Gasteiger partial charge in [0.05, 0.1) is 10.6 Å². The second kappa shape index (κ2) is 9.40. The molecule has 1 amide bonds. The van der Waals surface area contributed by atoms with Crippen LogP contribution in [0.3, 0.4) is 0 Å². The Morgan fingerprint density at radius 3 is 2.40 bits per heavy atom. The normalized spacial score (nSPS) is 15.0. The average molecular weight is 429 g/mol. The number of sulfonamides is 1. The minimum atomic E-state index is -3.92. The van der Waals surface area contributed by atoms with Crippen molar-refractivity contribution in [3.63, 3.8) is 0 Å². The van der Waals surface area contributed by atoms with Crippen molar-refractivity contribution in [3.05, 3.63) is 59.7 Å². The lowest BCUT2D eigenvalue weighted by atomic mass is 10.1. The van der Waals surface area contributed by atoms with Gasteiger partial charge in [0.2, 0.25) is 0 Å². The van der Waals surface area contributed by atoms with Crippen molar-refractivity contribution in [3.8, 4) is 0 Å². The number of aryl methyl sites for hydroxylation is 1. The molecule has 2 aromatic carbocycles. The number of rotatable bonds is 6. The van der Waals surface area contributed by atoms with Gasteiger partial charge in [-0.3, -0.25) is 9.10 Å². The molecule has 1 saturated heterocycles. The quantitative estimate of drug-likeness (QED) is 0.717. The third kappa shape index (κ3) is 5.06. The monoisotopic (exact) mass is 428 g/mol. The van der Waals surface area contributed by atoms with Crippen LogP contribution in [0.5, 0.6) is 0 Å².